The summed E-state index contributed by atoms with van der Waals surface area (Å²) < 4.78 is 1.69. The van der Waals surface area contributed by atoms with E-state index in [2.05, 4.69) is 30.6 Å². The van der Waals surface area contributed by atoms with Gasteiger partial charge in [-0.15, -0.1) is 0 Å². The quantitative estimate of drug-likeness (QED) is 0.296. The Kier molecular flexibility index (Phi) is 6.29. The number of imide groups is 1. The van der Waals surface area contributed by atoms with Crippen LogP contribution in [-0.4, -0.2) is 70.9 Å². The first kappa shape index (κ1) is 26.9. The van der Waals surface area contributed by atoms with Gasteiger partial charge >= 0.3 is 6.03 Å². The van der Waals surface area contributed by atoms with E-state index in [0.29, 0.717) is 52.7 Å². The summed E-state index contributed by atoms with van der Waals surface area (Å²) >= 11 is 0. The Balaban J connectivity index is 1.10. The summed E-state index contributed by atoms with van der Waals surface area (Å²) in [5.74, 6) is 1.86. The molecule has 220 valence electrons. The van der Waals surface area contributed by atoms with E-state index in [1.165, 1.54) is 11.9 Å². The summed E-state index contributed by atoms with van der Waals surface area (Å²) in [4.78, 5) is 63.2. The molecule has 1 unspecified atom stereocenters. The van der Waals surface area contributed by atoms with Crippen molar-refractivity contribution in [3.8, 4) is 0 Å². The number of amides is 4. The molecule has 0 bridgehead atoms. The lowest BCUT2D eigenvalue weighted by Crippen LogP contribution is -2.30. The first-order valence-corrected chi connectivity index (χ1v) is 14.4. The monoisotopic (exact) mass is 581 g/mol. The first-order valence-electron chi connectivity index (χ1n) is 14.4. The van der Waals surface area contributed by atoms with Crippen molar-refractivity contribution < 1.29 is 14.4 Å². The van der Waals surface area contributed by atoms with E-state index in [9.17, 15) is 14.4 Å². The number of carbonyl (C=O) groups excluding carboxylic acids is 3. The Labute approximate surface area is 247 Å². The van der Waals surface area contributed by atoms with E-state index in [0.717, 1.165) is 29.1 Å². The van der Waals surface area contributed by atoms with Crippen LogP contribution in [0.15, 0.2) is 30.6 Å². The molecule has 0 aromatic carbocycles. The number of carbonyl (C=O) groups is 3. The van der Waals surface area contributed by atoms with Gasteiger partial charge in [0.2, 0.25) is 11.8 Å². The van der Waals surface area contributed by atoms with Crippen LogP contribution in [0.4, 0.5) is 22.1 Å². The van der Waals surface area contributed by atoms with Crippen LogP contribution < -0.4 is 15.5 Å². The van der Waals surface area contributed by atoms with Crippen molar-refractivity contribution in [2.45, 2.75) is 57.9 Å². The Bertz CT molecular complexity index is 1800. The van der Waals surface area contributed by atoms with E-state index in [1.807, 2.05) is 32.2 Å². The highest BCUT2D eigenvalue weighted by molar-refractivity contribution is 6.13. The molecule has 4 aromatic rings. The maximum atomic E-state index is 13.0. The van der Waals surface area contributed by atoms with E-state index in [1.54, 1.807) is 23.7 Å². The molecule has 2 saturated carbocycles. The lowest BCUT2D eigenvalue weighted by molar-refractivity contribution is -0.124. The van der Waals surface area contributed by atoms with Crippen molar-refractivity contribution in [1.82, 2.24) is 39.4 Å². The highest BCUT2D eigenvalue weighted by Crippen LogP contribution is 2.46. The summed E-state index contributed by atoms with van der Waals surface area (Å²) in [6.07, 6.45) is 6.32. The van der Waals surface area contributed by atoms with Crippen LogP contribution in [0.1, 0.15) is 72.8 Å². The van der Waals surface area contributed by atoms with Crippen LogP contribution >= 0.6 is 0 Å². The molecule has 0 radical (unpaired) electrons. The maximum absolute atomic E-state index is 13.0. The summed E-state index contributed by atoms with van der Waals surface area (Å²) in [7, 11) is 1.48. The number of nitrogens with one attached hydrogen (secondary N) is 2. The molecule has 0 spiro atoms. The number of imidazole rings is 1. The maximum Gasteiger partial charge on any atom is 0.331 e. The summed E-state index contributed by atoms with van der Waals surface area (Å²) in [6.45, 7) is 5.57. The molecule has 14 nitrogen and oxygen atoms in total. The molecule has 5 heterocycles. The van der Waals surface area contributed by atoms with Crippen LogP contribution in [0.3, 0.4) is 0 Å². The number of fused-ring (bicyclic) bond motifs is 1. The number of aryl methyl sites for hydroxylation is 2. The van der Waals surface area contributed by atoms with Gasteiger partial charge in [0.25, 0.3) is 0 Å². The molecular weight excluding hydrogens is 550 g/mol. The lowest BCUT2D eigenvalue weighted by Gasteiger charge is -2.16. The van der Waals surface area contributed by atoms with Crippen molar-refractivity contribution in [3.63, 3.8) is 0 Å². The molecule has 14 heteroatoms. The third kappa shape index (κ3) is 5.13. The molecule has 43 heavy (non-hydrogen) atoms. The zero-order valence-electron chi connectivity index (χ0n) is 24.3. The Morgan fingerprint density at radius 1 is 1.07 bits per heavy atom. The number of nitrogens with zero attached hydrogens (tertiary/aromatic N) is 9. The summed E-state index contributed by atoms with van der Waals surface area (Å²) in [5.41, 5.74) is 3.48. The van der Waals surface area contributed by atoms with Crippen molar-refractivity contribution >= 4 is 40.8 Å². The van der Waals surface area contributed by atoms with Crippen LogP contribution in [0.2, 0.25) is 0 Å². The number of aromatic nitrogens is 7. The molecule has 4 amide bonds. The van der Waals surface area contributed by atoms with Crippen molar-refractivity contribution in [2.24, 2.45) is 5.92 Å². The molecular formula is C29H31N11O3. The zero-order valence-corrected chi connectivity index (χ0v) is 24.3. The standard InChI is InChI=1S/C29H31N11O3/c1-14-7-8-30-26(31-14)18-9-19(18)28(42)36-24-11-23(33-16(3)34-24)32-15(2)21-12-40-27(35-21)22(10-20(37-40)17-5-6-17)39-13-25(41)38(4)29(39)43/h7-8,10-12,15,17-19H,5-6,9,13H2,1-4H3,(H2,32,33,34,36,42)/t15?,18-,19-/m0/s1. The second-order valence-corrected chi connectivity index (χ2v) is 11.5. The van der Waals surface area contributed by atoms with Crippen LogP contribution in [-0.2, 0) is 9.59 Å². The number of hydrogen-bond donors (Lipinski definition) is 2. The number of rotatable bonds is 8. The molecule has 1 aliphatic heterocycles. The molecule has 2 aliphatic carbocycles. The van der Waals surface area contributed by atoms with Gasteiger partial charge in [-0.2, -0.15) is 5.10 Å². The SMILES string of the molecule is Cc1ccnc([C@H]2C[C@@H]2C(=O)Nc2cc(NC(C)c3cn4nc(C5CC5)cc(N5CC(=O)N(C)C5=O)c4n3)nc(C)n2)n1. The van der Waals surface area contributed by atoms with Crippen molar-refractivity contribution in [3.05, 3.63) is 59.3 Å². The zero-order chi connectivity index (χ0) is 30.0. The number of likely N-dealkylation sites (N-methyl/N-ethyl adjacent to an activating group) is 1. The molecule has 1 saturated heterocycles. The number of anilines is 3. The van der Waals surface area contributed by atoms with Gasteiger partial charge in [0, 0.05) is 42.8 Å². The van der Waals surface area contributed by atoms with Gasteiger partial charge in [-0.1, -0.05) is 0 Å². The average molecular weight is 582 g/mol. The normalized spacial score (nSPS) is 20.6. The second kappa shape index (κ2) is 10.1. The third-order valence-electron chi connectivity index (χ3n) is 8.08. The predicted octanol–water partition coefficient (Wildman–Crippen LogP) is 3.12. The molecule has 4 aromatic heterocycles. The Morgan fingerprint density at radius 2 is 1.86 bits per heavy atom. The minimum absolute atomic E-state index is 0.00352. The number of hydrogen-bond acceptors (Lipinski definition) is 10. The van der Waals surface area contributed by atoms with Gasteiger partial charge in [0.1, 0.15) is 29.8 Å². The minimum Gasteiger partial charge on any atom is -0.362 e. The Morgan fingerprint density at radius 3 is 2.58 bits per heavy atom. The van der Waals surface area contributed by atoms with E-state index in [-0.39, 0.29) is 42.3 Å². The fourth-order valence-corrected chi connectivity index (χ4v) is 5.41. The van der Waals surface area contributed by atoms with Gasteiger partial charge in [0.05, 0.1) is 29.3 Å². The van der Waals surface area contributed by atoms with Crippen molar-refractivity contribution in [2.75, 3.05) is 29.1 Å². The average Bonchev–Trinajstić information content (AvgIpc) is 3.89. The fourth-order valence-electron chi connectivity index (χ4n) is 5.41. The highest BCUT2D eigenvalue weighted by Gasteiger charge is 2.46. The van der Waals surface area contributed by atoms with E-state index < -0.39 is 0 Å². The van der Waals surface area contributed by atoms with Gasteiger partial charge in [-0.25, -0.2) is 34.2 Å². The largest absolute Gasteiger partial charge is 0.362 e. The smallest absolute Gasteiger partial charge is 0.331 e. The summed E-state index contributed by atoms with van der Waals surface area (Å²) in [6, 6.07) is 4.72. The molecule has 2 N–H and O–H groups in total. The van der Waals surface area contributed by atoms with Gasteiger partial charge in [-0.05, 0) is 52.2 Å². The predicted molar refractivity (Wildman–Crippen MR) is 156 cm³/mol. The van der Waals surface area contributed by atoms with E-state index in [4.69, 9.17) is 10.1 Å². The molecule has 7 rings (SSSR count). The topological polar surface area (TPSA) is 164 Å². The molecule has 3 atom stereocenters. The van der Waals surface area contributed by atoms with E-state index >= 15 is 0 Å². The molecule has 3 fully saturated rings. The van der Waals surface area contributed by atoms with Crippen LogP contribution in [0, 0.1) is 19.8 Å². The summed E-state index contributed by atoms with van der Waals surface area (Å²) in [5, 5.41) is 11.0. The Hall–Kier alpha value is -5.01. The van der Waals surface area contributed by atoms with Gasteiger partial charge in [0.15, 0.2) is 5.65 Å². The highest BCUT2D eigenvalue weighted by atomic mass is 16.2. The minimum atomic E-state index is -0.384. The number of urea groups is 1. The van der Waals surface area contributed by atoms with Gasteiger partial charge < -0.3 is 10.6 Å². The van der Waals surface area contributed by atoms with Crippen molar-refractivity contribution in [1.29, 1.82) is 0 Å². The lowest BCUT2D eigenvalue weighted by atomic mass is 10.2. The first-order chi connectivity index (χ1) is 20.6. The third-order valence-corrected chi connectivity index (χ3v) is 8.08. The molecule has 3 aliphatic rings. The van der Waals surface area contributed by atoms with Crippen LogP contribution in [0.5, 0.6) is 0 Å². The van der Waals surface area contributed by atoms with Crippen LogP contribution in [0.25, 0.3) is 5.65 Å². The second-order valence-electron chi connectivity index (χ2n) is 11.5. The van der Waals surface area contributed by atoms with Gasteiger partial charge in [-0.3, -0.25) is 19.4 Å². The fraction of sp³-hybridized carbons (Fsp3) is 0.414.